The van der Waals surface area contributed by atoms with Gasteiger partial charge in [-0.2, -0.15) is 0 Å². The number of carbonyl (C=O) groups is 1. The molecule has 1 aliphatic heterocycles. The van der Waals surface area contributed by atoms with Gasteiger partial charge >= 0.3 is 0 Å². The van der Waals surface area contributed by atoms with Gasteiger partial charge in [-0.15, -0.1) is 0 Å². The molecule has 0 saturated heterocycles. The summed E-state index contributed by atoms with van der Waals surface area (Å²) in [5, 5.41) is 2.75. The van der Waals surface area contributed by atoms with Crippen molar-refractivity contribution in [2.45, 2.75) is 25.5 Å². The van der Waals surface area contributed by atoms with Gasteiger partial charge in [0.25, 0.3) is 5.91 Å². The van der Waals surface area contributed by atoms with Gasteiger partial charge in [-0.25, -0.2) is 0 Å². The van der Waals surface area contributed by atoms with E-state index in [0.29, 0.717) is 11.5 Å². The molecule has 102 valence electrons. The lowest BCUT2D eigenvalue weighted by Crippen LogP contribution is -2.57. The first-order chi connectivity index (χ1) is 8.90. The highest BCUT2D eigenvalue weighted by atomic mass is 32.1. The van der Waals surface area contributed by atoms with E-state index in [-0.39, 0.29) is 17.5 Å². The van der Waals surface area contributed by atoms with Crippen LogP contribution in [0.25, 0.3) is 0 Å². The van der Waals surface area contributed by atoms with Gasteiger partial charge in [-0.3, -0.25) is 4.79 Å². The molecule has 2 rings (SSSR count). The van der Waals surface area contributed by atoms with Crippen LogP contribution in [0.1, 0.15) is 13.8 Å². The Hall–Kier alpha value is -1.82. The molecule has 0 fully saturated rings. The molecule has 6 heteroatoms. The predicted octanol–water partition coefficient (Wildman–Crippen LogP) is 1.01. The van der Waals surface area contributed by atoms with Gasteiger partial charge < -0.3 is 20.5 Å². The van der Waals surface area contributed by atoms with Crippen LogP contribution >= 0.6 is 12.2 Å². The number of hydrogen-bond donors (Lipinski definition) is 2. The molecule has 1 aliphatic rings. The van der Waals surface area contributed by atoms with Crippen molar-refractivity contribution in [2.75, 3.05) is 6.61 Å². The predicted molar refractivity (Wildman–Crippen MR) is 75.4 cm³/mol. The smallest absolute Gasteiger partial charge is 0.265 e. The lowest BCUT2D eigenvalue weighted by Gasteiger charge is -2.30. The third-order valence-corrected chi connectivity index (χ3v) is 3.36. The summed E-state index contributed by atoms with van der Waals surface area (Å²) in [7, 11) is 0. The molecule has 1 atom stereocenters. The standard InChI is InChI=1S/C13H16N2O3S/c1-13(2,12(14)19)15-11(16)10-7-17-8-5-3-4-6-9(8)18-10/h3-6,10H,7H2,1-2H3,(H2,14,19)(H,15,16). The average Bonchev–Trinajstić information content (AvgIpc) is 2.37. The number of amides is 1. The minimum Gasteiger partial charge on any atom is -0.485 e. The van der Waals surface area contributed by atoms with E-state index < -0.39 is 11.6 Å². The molecule has 0 bridgehead atoms. The Morgan fingerprint density at radius 1 is 1.42 bits per heavy atom. The van der Waals surface area contributed by atoms with Crippen LogP contribution in [0, 0.1) is 0 Å². The molecule has 1 unspecified atom stereocenters. The van der Waals surface area contributed by atoms with Gasteiger partial charge in [0.05, 0.1) is 10.5 Å². The van der Waals surface area contributed by atoms with Crippen LogP contribution < -0.4 is 20.5 Å². The van der Waals surface area contributed by atoms with E-state index in [0.717, 1.165) is 0 Å². The maximum absolute atomic E-state index is 12.1. The third-order valence-electron chi connectivity index (χ3n) is 2.85. The maximum atomic E-state index is 12.1. The molecule has 19 heavy (non-hydrogen) atoms. The first kappa shape index (κ1) is 13.6. The number of hydrogen-bond acceptors (Lipinski definition) is 4. The molecule has 3 N–H and O–H groups in total. The molecule has 0 aliphatic carbocycles. The third kappa shape index (κ3) is 2.96. The van der Waals surface area contributed by atoms with E-state index in [1.807, 2.05) is 12.1 Å². The Balaban J connectivity index is 2.05. The number of nitrogens with one attached hydrogen (secondary N) is 1. The van der Waals surface area contributed by atoms with E-state index in [1.165, 1.54) is 0 Å². The molecule has 1 aromatic carbocycles. The molecular weight excluding hydrogens is 264 g/mol. The summed E-state index contributed by atoms with van der Waals surface area (Å²) in [5.41, 5.74) is 4.81. The summed E-state index contributed by atoms with van der Waals surface area (Å²) < 4.78 is 11.1. The van der Waals surface area contributed by atoms with Crippen molar-refractivity contribution in [1.29, 1.82) is 0 Å². The highest BCUT2D eigenvalue weighted by Crippen LogP contribution is 2.30. The fourth-order valence-electron chi connectivity index (χ4n) is 1.60. The molecule has 0 spiro atoms. The fraction of sp³-hybridized carbons (Fsp3) is 0.385. The van der Waals surface area contributed by atoms with E-state index >= 15 is 0 Å². The Labute approximate surface area is 117 Å². The summed E-state index contributed by atoms with van der Waals surface area (Å²) in [6.45, 7) is 3.64. The van der Waals surface area contributed by atoms with Crippen molar-refractivity contribution < 1.29 is 14.3 Å². The van der Waals surface area contributed by atoms with Gasteiger partial charge in [0, 0.05) is 0 Å². The molecule has 1 aromatic rings. The van der Waals surface area contributed by atoms with Crippen LogP contribution in [0.15, 0.2) is 24.3 Å². The monoisotopic (exact) mass is 280 g/mol. The number of thiocarbonyl (C=S) groups is 1. The Morgan fingerprint density at radius 2 is 2.05 bits per heavy atom. The van der Waals surface area contributed by atoms with Gasteiger partial charge in [0.15, 0.2) is 11.5 Å². The SMILES string of the molecule is CC(C)(NC(=O)C1COc2ccccc2O1)C(N)=S. The second-order valence-corrected chi connectivity index (χ2v) is 5.28. The number of para-hydroxylation sites is 2. The lowest BCUT2D eigenvalue weighted by molar-refractivity contribution is -0.131. The van der Waals surface area contributed by atoms with E-state index in [1.54, 1.807) is 26.0 Å². The molecule has 0 saturated carbocycles. The van der Waals surface area contributed by atoms with E-state index in [9.17, 15) is 4.79 Å². The Bertz CT molecular complexity index is 516. The quantitative estimate of drug-likeness (QED) is 0.808. The fourth-order valence-corrected chi connectivity index (χ4v) is 1.65. The molecular formula is C13H16N2O3S. The summed E-state index contributed by atoms with van der Waals surface area (Å²) in [6, 6.07) is 7.22. The largest absolute Gasteiger partial charge is 0.485 e. The molecule has 1 amide bonds. The highest BCUT2D eigenvalue weighted by Gasteiger charge is 2.32. The first-order valence-corrected chi connectivity index (χ1v) is 6.31. The normalized spacial score (nSPS) is 17.7. The van der Waals surface area contributed by atoms with Gasteiger partial charge in [0.2, 0.25) is 6.10 Å². The van der Waals surface area contributed by atoms with Crippen LogP contribution in [0.5, 0.6) is 11.5 Å². The first-order valence-electron chi connectivity index (χ1n) is 5.90. The number of carbonyl (C=O) groups excluding carboxylic acids is 1. The number of benzene rings is 1. The van der Waals surface area contributed by atoms with Gasteiger partial charge in [0.1, 0.15) is 6.61 Å². The number of fused-ring (bicyclic) bond motifs is 1. The Kier molecular flexibility index (Phi) is 3.61. The van der Waals surface area contributed by atoms with E-state index in [4.69, 9.17) is 27.4 Å². The topological polar surface area (TPSA) is 73.6 Å². The summed E-state index contributed by atoms with van der Waals surface area (Å²) in [6.07, 6.45) is -0.705. The van der Waals surface area contributed by atoms with Crippen molar-refractivity contribution >= 4 is 23.1 Å². The minimum atomic E-state index is -0.757. The van der Waals surface area contributed by atoms with Crippen LogP contribution in [-0.2, 0) is 4.79 Å². The summed E-state index contributed by atoms with van der Waals surface area (Å²) in [5.74, 6) is 0.898. The molecule has 0 aromatic heterocycles. The van der Waals surface area contributed by atoms with Crippen LogP contribution in [0.2, 0.25) is 0 Å². The molecule has 5 nitrogen and oxygen atoms in total. The van der Waals surface area contributed by atoms with E-state index in [2.05, 4.69) is 5.32 Å². The summed E-state index contributed by atoms with van der Waals surface area (Å²) in [4.78, 5) is 12.3. The zero-order valence-corrected chi connectivity index (χ0v) is 11.6. The second-order valence-electron chi connectivity index (χ2n) is 4.84. The number of ether oxygens (including phenoxy) is 2. The van der Waals surface area contributed by atoms with Crippen LogP contribution in [0.3, 0.4) is 0 Å². The van der Waals surface area contributed by atoms with Crippen molar-refractivity contribution in [3.63, 3.8) is 0 Å². The lowest BCUT2D eigenvalue weighted by atomic mass is 10.1. The second kappa shape index (κ2) is 5.05. The molecule has 0 radical (unpaired) electrons. The minimum absolute atomic E-state index is 0.163. The Morgan fingerprint density at radius 3 is 2.68 bits per heavy atom. The number of rotatable bonds is 3. The van der Waals surface area contributed by atoms with Crippen molar-refractivity contribution in [3.05, 3.63) is 24.3 Å². The van der Waals surface area contributed by atoms with Crippen molar-refractivity contribution in [3.8, 4) is 11.5 Å². The van der Waals surface area contributed by atoms with Crippen molar-refractivity contribution in [1.82, 2.24) is 5.32 Å². The van der Waals surface area contributed by atoms with Gasteiger partial charge in [-0.05, 0) is 26.0 Å². The summed E-state index contributed by atoms with van der Waals surface area (Å²) >= 11 is 4.91. The van der Waals surface area contributed by atoms with Gasteiger partial charge in [-0.1, -0.05) is 24.4 Å². The number of nitrogens with two attached hydrogens (primary N) is 1. The zero-order valence-electron chi connectivity index (χ0n) is 10.8. The average molecular weight is 280 g/mol. The zero-order chi connectivity index (χ0) is 14.0. The van der Waals surface area contributed by atoms with Crippen LogP contribution in [-0.4, -0.2) is 29.1 Å². The highest BCUT2D eigenvalue weighted by molar-refractivity contribution is 7.80. The van der Waals surface area contributed by atoms with Crippen LogP contribution in [0.4, 0.5) is 0 Å². The maximum Gasteiger partial charge on any atom is 0.265 e. The molecule has 1 heterocycles. The van der Waals surface area contributed by atoms with Crippen molar-refractivity contribution in [2.24, 2.45) is 5.73 Å².